The van der Waals surface area contributed by atoms with Crippen molar-refractivity contribution in [3.63, 3.8) is 0 Å². The summed E-state index contributed by atoms with van der Waals surface area (Å²) in [6, 6.07) is 20.0. The van der Waals surface area contributed by atoms with E-state index in [4.69, 9.17) is 0 Å². The van der Waals surface area contributed by atoms with Crippen LogP contribution < -0.4 is 0 Å². The van der Waals surface area contributed by atoms with Crippen LogP contribution in [0.1, 0.15) is 51.3 Å². The van der Waals surface area contributed by atoms with Gasteiger partial charge in [0.05, 0.1) is 0 Å². The van der Waals surface area contributed by atoms with Crippen molar-refractivity contribution in [2.24, 2.45) is 0 Å². The summed E-state index contributed by atoms with van der Waals surface area (Å²) in [5.41, 5.74) is 5.35. The first kappa shape index (κ1) is 18.5. The van der Waals surface area contributed by atoms with E-state index in [9.17, 15) is 0 Å². The molecule has 2 aromatic carbocycles. The van der Waals surface area contributed by atoms with Crippen LogP contribution in [-0.2, 0) is 12.0 Å². The van der Waals surface area contributed by atoms with E-state index in [1.54, 1.807) is 0 Å². The normalized spacial score (nSPS) is 12.0. The topological polar surface area (TPSA) is 3.24 Å². The maximum Gasteiger partial charge on any atom is 0.0240 e. The average Bonchev–Trinajstić information content (AvgIpc) is 2.54. The van der Waals surface area contributed by atoms with Crippen molar-refractivity contribution in [3.05, 3.63) is 77.9 Å². The van der Waals surface area contributed by atoms with E-state index in [1.165, 1.54) is 22.3 Å². The van der Waals surface area contributed by atoms with E-state index in [-0.39, 0.29) is 5.41 Å². The lowest BCUT2D eigenvalue weighted by molar-refractivity contribution is 0.241. The summed E-state index contributed by atoms with van der Waals surface area (Å²) in [5, 5.41) is 0. The van der Waals surface area contributed by atoms with Gasteiger partial charge in [-0.15, -0.1) is 0 Å². The molecule has 0 saturated carbocycles. The summed E-state index contributed by atoms with van der Waals surface area (Å²) < 4.78 is 0. The van der Waals surface area contributed by atoms with E-state index in [0.29, 0.717) is 6.04 Å². The minimum absolute atomic E-state index is 0.206. The fraction of sp³-hybridized carbons (Fsp3) is 0.391. The second-order valence-electron chi connectivity index (χ2n) is 7.92. The van der Waals surface area contributed by atoms with Gasteiger partial charge in [0.25, 0.3) is 0 Å². The van der Waals surface area contributed by atoms with Crippen LogP contribution in [0.5, 0.6) is 0 Å². The summed E-state index contributed by atoms with van der Waals surface area (Å²) >= 11 is 0. The molecular weight excluding hydrogens is 290 g/mol. The molecule has 0 atom stereocenters. The Balaban J connectivity index is 2.07. The molecule has 0 bridgehead atoms. The zero-order valence-electron chi connectivity index (χ0n) is 15.8. The number of rotatable bonds is 6. The van der Waals surface area contributed by atoms with Crippen LogP contribution in [-0.4, -0.2) is 17.5 Å². The lowest BCUT2D eigenvalue weighted by Gasteiger charge is -2.28. The summed E-state index contributed by atoms with van der Waals surface area (Å²) in [6.45, 7) is 17.4. The van der Waals surface area contributed by atoms with Crippen molar-refractivity contribution in [3.8, 4) is 0 Å². The fourth-order valence-corrected chi connectivity index (χ4v) is 2.78. The smallest absolute Gasteiger partial charge is 0.0240 e. The second kappa shape index (κ2) is 7.81. The molecule has 0 aliphatic heterocycles. The molecule has 1 heteroatoms. The first-order valence-corrected chi connectivity index (χ1v) is 8.84. The molecular formula is C23H31N. The Labute approximate surface area is 148 Å². The van der Waals surface area contributed by atoms with Gasteiger partial charge in [-0.1, -0.05) is 81.9 Å². The van der Waals surface area contributed by atoms with Crippen molar-refractivity contribution < 1.29 is 0 Å². The van der Waals surface area contributed by atoms with Crippen molar-refractivity contribution in [1.82, 2.24) is 4.90 Å². The molecule has 0 spiro atoms. The zero-order valence-corrected chi connectivity index (χ0v) is 15.8. The Morgan fingerprint density at radius 1 is 0.958 bits per heavy atom. The van der Waals surface area contributed by atoms with Crippen LogP contribution in [0.2, 0.25) is 0 Å². The molecule has 0 unspecified atom stereocenters. The Morgan fingerprint density at radius 2 is 1.54 bits per heavy atom. The molecule has 0 aliphatic rings. The fourth-order valence-electron chi connectivity index (χ4n) is 2.78. The van der Waals surface area contributed by atoms with Gasteiger partial charge >= 0.3 is 0 Å². The van der Waals surface area contributed by atoms with Crippen LogP contribution in [0.25, 0.3) is 5.57 Å². The van der Waals surface area contributed by atoms with Crippen LogP contribution in [0.3, 0.4) is 0 Å². The molecule has 1 nitrogen and oxygen atoms in total. The van der Waals surface area contributed by atoms with E-state index >= 15 is 0 Å². The van der Waals surface area contributed by atoms with E-state index in [0.717, 1.165) is 13.1 Å². The Morgan fingerprint density at radius 3 is 2.04 bits per heavy atom. The lowest BCUT2D eigenvalue weighted by atomic mass is 9.86. The van der Waals surface area contributed by atoms with Crippen LogP contribution >= 0.6 is 0 Å². The Bertz CT molecular complexity index is 645. The highest BCUT2D eigenvalue weighted by atomic mass is 15.1. The third-order valence-corrected chi connectivity index (χ3v) is 4.51. The highest BCUT2D eigenvalue weighted by molar-refractivity contribution is 5.64. The minimum atomic E-state index is 0.206. The third-order valence-electron chi connectivity index (χ3n) is 4.51. The molecule has 0 N–H and O–H groups in total. The molecule has 0 fully saturated rings. The summed E-state index contributed by atoms with van der Waals surface area (Å²) in [6.07, 6.45) is 0. The maximum atomic E-state index is 4.29. The van der Waals surface area contributed by atoms with Gasteiger partial charge in [0.15, 0.2) is 0 Å². The number of benzene rings is 2. The molecule has 2 rings (SSSR count). The molecule has 0 aromatic heterocycles. The molecule has 0 heterocycles. The van der Waals surface area contributed by atoms with E-state index < -0.39 is 0 Å². The maximum absolute atomic E-state index is 4.29. The molecule has 24 heavy (non-hydrogen) atoms. The predicted molar refractivity (Wildman–Crippen MR) is 106 cm³/mol. The third kappa shape index (κ3) is 5.07. The molecule has 0 radical (unpaired) electrons. The Hall–Kier alpha value is -1.86. The summed E-state index contributed by atoms with van der Waals surface area (Å²) in [4.78, 5) is 2.47. The predicted octanol–water partition coefficient (Wildman–Crippen LogP) is 5.91. The summed E-state index contributed by atoms with van der Waals surface area (Å²) in [7, 11) is 0. The van der Waals surface area contributed by atoms with Gasteiger partial charge in [-0.25, -0.2) is 0 Å². The highest BCUT2D eigenvalue weighted by Crippen LogP contribution is 2.23. The zero-order chi connectivity index (χ0) is 17.7. The number of hydrogen-bond acceptors (Lipinski definition) is 1. The number of nitrogens with zero attached hydrogens (tertiary/aromatic N) is 1. The second-order valence-corrected chi connectivity index (χ2v) is 7.92. The standard InChI is InChI=1S/C23H31N/c1-18(2)24(16-19(3)21-10-8-7-9-11-21)17-20-12-14-22(15-13-20)23(4,5)6/h7-15,18H,3,16-17H2,1-2,4-6H3. The first-order valence-electron chi connectivity index (χ1n) is 8.84. The van der Waals surface area contributed by atoms with Gasteiger partial charge in [-0.05, 0) is 41.5 Å². The van der Waals surface area contributed by atoms with E-state index in [1.807, 2.05) is 6.07 Å². The largest absolute Gasteiger partial charge is 0.292 e. The van der Waals surface area contributed by atoms with Gasteiger partial charge in [0.1, 0.15) is 0 Å². The minimum Gasteiger partial charge on any atom is -0.292 e. The quantitative estimate of drug-likeness (QED) is 0.639. The SMILES string of the molecule is C=C(CN(Cc1ccc(C(C)(C)C)cc1)C(C)C)c1ccccc1. The summed E-state index contributed by atoms with van der Waals surface area (Å²) in [5.74, 6) is 0. The van der Waals surface area contributed by atoms with Crippen molar-refractivity contribution in [2.75, 3.05) is 6.54 Å². The van der Waals surface area contributed by atoms with E-state index in [2.05, 4.69) is 94.6 Å². The highest BCUT2D eigenvalue weighted by Gasteiger charge is 2.15. The lowest BCUT2D eigenvalue weighted by Crippen LogP contribution is -2.31. The first-order chi connectivity index (χ1) is 11.3. The van der Waals surface area contributed by atoms with Crippen molar-refractivity contribution in [1.29, 1.82) is 0 Å². The average molecular weight is 322 g/mol. The van der Waals surface area contributed by atoms with Gasteiger partial charge in [0, 0.05) is 19.1 Å². The van der Waals surface area contributed by atoms with Gasteiger partial charge in [-0.2, -0.15) is 0 Å². The van der Waals surface area contributed by atoms with Crippen molar-refractivity contribution >= 4 is 5.57 Å². The molecule has 0 aliphatic carbocycles. The molecule has 128 valence electrons. The van der Waals surface area contributed by atoms with Crippen LogP contribution in [0.15, 0.2) is 61.2 Å². The molecule has 2 aromatic rings. The molecule has 0 saturated heterocycles. The number of hydrogen-bond donors (Lipinski definition) is 0. The van der Waals surface area contributed by atoms with Crippen molar-refractivity contribution in [2.45, 2.75) is 52.6 Å². The van der Waals surface area contributed by atoms with Crippen LogP contribution in [0, 0.1) is 0 Å². The van der Waals surface area contributed by atoms with Gasteiger partial charge in [-0.3, -0.25) is 4.90 Å². The van der Waals surface area contributed by atoms with Gasteiger partial charge in [0.2, 0.25) is 0 Å². The van der Waals surface area contributed by atoms with Crippen LogP contribution in [0.4, 0.5) is 0 Å². The monoisotopic (exact) mass is 321 g/mol. The molecule has 0 amide bonds. The Kier molecular flexibility index (Phi) is 6.01. The van der Waals surface area contributed by atoms with Gasteiger partial charge < -0.3 is 0 Å².